The van der Waals surface area contributed by atoms with Crippen molar-refractivity contribution < 1.29 is 9.59 Å². The maximum atomic E-state index is 12.5. The maximum Gasteiger partial charge on any atom is 0.250 e. The molecule has 2 unspecified atom stereocenters. The maximum absolute atomic E-state index is 12.5. The highest BCUT2D eigenvalue weighted by atomic mass is 16.2. The average molecular weight is 261 g/mol. The summed E-state index contributed by atoms with van der Waals surface area (Å²) in [6, 6.07) is 1.40. The molecule has 1 fully saturated rings. The van der Waals surface area contributed by atoms with Gasteiger partial charge >= 0.3 is 0 Å². The van der Waals surface area contributed by atoms with Crippen LogP contribution in [0.2, 0.25) is 0 Å². The lowest BCUT2D eigenvalue weighted by Gasteiger charge is -2.35. The number of amides is 2. The minimum absolute atomic E-state index is 0.0509. The summed E-state index contributed by atoms with van der Waals surface area (Å²) in [6.45, 7) is 5.97. The highest BCUT2D eigenvalue weighted by Crippen LogP contribution is 2.23. The minimum Gasteiger partial charge on any atom is -0.342 e. The van der Waals surface area contributed by atoms with E-state index in [1.807, 2.05) is 26.8 Å². The third-order valence-electron chi connectivity index (χ3n) is 3.67. The van der Waals surface area contributed by atoms with Crippen LogP contribution in [-0.2, 0) is 9.59 Å². The van der Waals surface area contributed by atoms with E-state index in [2.05, 4.69) is 10.3 Å². The van der Waals surface area contributed by atoms with Crippen LogP contribution in [-0.4, -0.2) is 29.4 Å². The van der Waals surface area contributed by atoms with Crippen molar-refractivity contribution in [3.05, 3.63) is 24.0 Å². The highest BCUT2D eigenvalue weighted by molar-refractivity contribution is 6.06. The monoisotopic (exact) mass is 261 g/mol. The minimum atomic E-state index is -0.439. The predicted molar refractivity (Wildman–Crippen MR) is 72.7 cm³/mol. The van der Waals surface area contributed by atoms with Crippen molar-refractivity contribution in [3.8, 4) is 0 Å². The molecule has 19 heavy (non-hydrogen) atoms. The number of hydrogen-bond acceptors (Lipinski definition) is 3. The van der Waals surface area contributed by atoms with Gasteiger partial charge in [0.2, 0.25) is 11.8 Å². The second-order valence-corrected chi connectivity index (χ2v) is 5.02. The summed E-state index contributed by atoms with van der Waals surface area (Å²) in [7, 11) is 0. The molecule has 0 radical (unpaired) electrons. The Kier molecular flexibility index (Phi) is 3.83. The Labute approximate surface area is 113 Å². The van der Waals surface area contributed by atoms with Crippen LogP contribution in [0, 0.1) is 12.8 Å². The summed E-state index contributed by atoms with van der Waals surface area (Å²) in [4.78, 5) is 29.9. The van der Waals surface area contributed by atoms with Gasteiger partial charge in [0, 0.05) is 6.20 Å². The Morgan fingerprint density at radius 1 is 1.53 bits per heavy atom. The van der Waals surface area contributed by atoms with Crippen molar-refractivity contribution in [3.63, 3.8) is 0 Å². The van der Waals surface area contributed by atoms with Gasteiger partial charge in [-0.25, -0.2) is 0 Å². The Balaban J connectivity index is 2.33. The van der Waals surface area contributed by atoms with E-state index < -0.39 is 6.04 Å². The number of rotatable bonds is 3. The lowest BCUT2D eigenvalue weighted by atomic mass is 9.96. The molecule has 1 aromatic rings. The molecule has 0 saturated carbocycles. The topological polar surface area (TPSA) is 62.3 Å². The third kappa shape index (κ3) is 2.59. The van der Waals surface area contributed by atoms with Crippen molar-refractivity contribution in [2.24, 2.45) is 5.92 Å². The zero-order valence-electron chi connectivity index (χ0n) is 11.5. The van der Waals surface area contributed by atoms with Gasteiger partial charge in [0.05, 0.1) is 11.9 Å². The van der Waals surface area contributed by atoms with Crippen LogP contribution in [0.5, 0.6) is 0 Å². The van der Waals surface area contributed by atoms with Crippen molar-refractivity contribution in [1.82, 2.24) is 10.3 Å². The summed E-state index contributed by atoms with van der Waals surface area (Å²) in [5.74, 6) is -0.0468. The molecule has 2 rings (SSSR count). The molecule has 0 bridgehead atoms. The van der Waals surface area contributed by atoms with Crippen LogP contribution >= 0.6 is 0 Å². The fourth-order valence-electron chi connectivity index (χ4n) is 2.23. The zero-order chi connectivity index (χ0) is 14.0. The molecule has 1 aromatic heterocycles. The number of aromatic nitrogens is 1. The smallest absolute Gasteiger partial charge is 0.250 e. The SMILES string of the molecule is CCC(C)C1NC(=O)CN(c2cnccc2C)C1=O. The van der Waals surface area contributed by atoms with Crippen LogP contribution < -0.4 is 10.2 Å². The van der Waals surface area contributed by atoms with Gasteiger partial charge in [-0.1, -0.05) is 20.3 Å². The van der Waals surface area contributed by atoms with Crippen LogP contribution in [0.15, 0.2) is 18.5 Å². The molecular weight excluding hydrogens is 242 g/mol. The van der Waals surface area contributed by atoms with Gasteiger partial charge in [-0.3, -0.25) is 19.5 Å². The lowest BCUT2D eigenvalue weighted by molar-refractivity contribution is -0.132. The van der Waals surface area contributed by atoms with Crippen LogP contribution in [0.25, 0.3) is 0 Å². The molecular formula is C14H19N3O2. The molecule has 2 atom stereocenters. The molecule has 0 aliphatic carbocycles. The van der Waals surface area contributed by atoms with E-state index in [4.69, 9.17) is 0 Å². The number of carbonyl (C=O) groups is 2. The Hall–Kier alpha value is -1.91. The van der Waals surface area contributed by atoms with E-state index in [-0.39, 0.29) is 24.3 Å². The van der Waals surface area contributed by atoms with E-state index >= 15 is 0 Å². The van der Waals surface area contributed by atoms with Gasteiger partial charge in [0.15, 0.2) is 0 Å². The first-order chi connectivity index (χ1) is 9.04. The number of carbonyl (C=O) groups excluding carboxylic acids is 2. The Morgan fingerprint density at radius 3 is 2.89 bits per heavy atom. The first-order valence-corrected chi connectivity index (χ1v) is 6.56. The first kappa shape index (κ1) is 13.5. The number of pyridine rings is 1. The summed E-state index contributed by atoms with van der Waals surface area (Å²) >= 11 is 0. The number of anilines is 1. The second kappa shape index (κ2) is 5.38. The molecule has 102 valence electrons. The van der Waals surface area contributed by atoms with Crippen molar-refractivity contribution in [1.29, 1.82) is 0 Å². The molecule has 1 aliphatic rings. The van der Waals surface area contributed by atoms with Gasteiger partial charge in [-0.2, -0.15) is 0 Å². The van der Waals surface area contributed by atoms with Crippen molar-refractivity contribution in [2.75, 3.05) is 11.4 Å². The summed E-state index contributed by atoms with van der Waals surface area (Å²) in [6.07, 6.45) is 4.16. The molecule has 5 heteroatoms. The van der Waals surface area contributed by atoms with Crippen LogP contribution in [0.1, 0.15) is 25.8 Å². The van der Waals surface area contributed by atoms with Gasteiger partial charge in [-0.15, -0.1) is 0 Å². The van der Waals surface area contributed by atoms with Crippen LogP contribution in [0.3, 0.4) is 0 Å². The molecule has 5 nitrogen and oxygen atoms in total. The highest BCUT2D eigenvalue weighted by Gasteiger charge is 2.36. The van der Waals surface area contributed by atoms with Crippen molar-refractivity contribution >= 4 is 17.5 Å². The standard InChI is InChI=1S/C14H19N3O2/c1-4-9(2)13-14(19)17(8-12(18)16-13)11-7-15-6-5-10(11)3/h5-7,9,13H,4,8H2,1-3H3,(H,16,18). The largest absolute Gasteiger partial charge is 0.342 e. The molecule has 0 aromatic carbocycles. The summed E-state index contributed by atoms with van der Waals surface area (Å²) < 4.78 is 0. The van der Waals surface area contributed by atoms with E-state index in [1.54, 1.807) is 12.4 Å². The Morgan fingerprint density at radius 2 is 2.26 bits per heavy atom. The van der Waals surface area contributed by atoms with Gasteiger partial charge in [0.25, 0.3) is 0 Å². The van der Waals surface area contributed by atoms with E-state index in [1.165, 1.54) is 4.90 Å². The number of piperazine rings is 1. The second-order valence-electron chi connectivity index (χ2n) is 5.02. The number of nitrogens with zero attached hydrogens (tertiary/aromatic N) is 2. The van der Waals surface area contributed by atoms with Gasteiger partial charge < -0.3 is 5.32 Å². The number of nitrogens with one attached hydrogen (secondary N) is 1. The van der Waals surface area contributed by atoms with E-state index in [0.717, 1.165) is 17.7 Å². The van der Waals surface area contributed by atoms with Crippen molar-refractivity contribution in [2.45, 2.75) is 33.2 Å². The molecule has 1 aliphatic heterocycles. The molecule has 2 amide bonds. The van der Waals surface area contributed by atoms with Gasteiger partial charge in [0.1, 0.15) is 12.6 Å². The van der Waals surface area contributed by atoms with Gasteiger partial charge in [-0.05, 0) is 24.5 Å². The molecule has 1 saturated heterocycles. The number of aryl methyl sites for hydroxylation is 1. The number of hydrogen-bond donors (Lipinski definition) is 1. The zero-order valence-corrected chi connectivity index (χ0v) is 11.5. The predicted octanol–water partition coefficient (Wildman–Crippen LogP) is 1.27. The normalized spacial score (nSPS) is 21.2. The fraction of sp³-hybridized carbons (Fsp3) is 0.500. The molecule has 0 spiro atoms. The lowest BCUT2D eigenvalue weighted by Crippen LogP contribution is -2.60. The average Bonchev–Trinajstić information content (AvgIpc) is 2.41. The molecule has 1 N–H and O–H groups in total. The van der Waals surface area contributed by atoms with Crippen LogP contribution in [0.4, 0.5) is 5.69 Å². The third-order valence-corrected chi connectivity index (χ3v) is 3.67. The first-order valence-electron chi connectivity index (χ1n) is 6.56. The van der Waals surface area contributed by atoms with E-state index in [9.17, 15) is 9.59 Å². The Bertz CT molecular complexity index is 501. The molecule has 2 heterocycles. The summed E-state index contributed by atoms with van der Waals surface area (Å²) in [5, 5.41) is 2.79. The van der Waals surface area contributed by atoms with E-state index in [0.29, 0.717) is 0 Å². The summed E-state index contributed by atoms with van der Waals surface area (Å²) in [5.41, 5.74) is 1.66. The fourth-order valence-corrected chi connectivity index (χ4v) is 2.23. The quantitative estimate of drug-likeness (QED) is 0.891.